The smallest absolute Gasteiger partial charge is 0.194 e. The van der Waals surface area contributed by atoms with Gasteiger partial charge >= 0.3 is 0 Å². The van der Waals surface area contributed by atoms with Gasteiger partial charge in [-0.05, 0) is 12.8 Å². The van der Waals surface area contributed by atoms with Crippen molar-refractivity contribution in [2.24, 2.45) is 0 Å². The molecule has 2 saturated heterocycles. The van der Waals surface area contributed by atoms with Crippen LogP contribution in [0, 0.1) is 0 Å². The molecule has 3 nitrogen and oxygen atoms in total. The van der Waals surface area contributed by atoms with Gasteiger partial charge in [0.15, 0.2) is 12.6 Å². The first-order valence-electron chi connectivity index (χ1n) is 5.93. The second kappa shape index (κ2) is 5.69. The van der Waals surface area contributed by atoms with Crippen LogP contribution < -0.4 is 0 Å². The first-order chi connectivity index (χ1) is 6.95. The Morgan fingerprint density at radius 2 is 1.00 bits per heavy atom. The molecule has 2 heterocycles. The Kier molecular flexibility index (Phi) is 4.22. The molecule has 82 valence electrons. The van der Waals surface area contributed by atoms with E-state index >= 15 is 0 Å². The highest BCUT2D eigenvalue weighted by Crippen LogP contribution is 2.23. The Balaban J connectivity index is 1.75. The summed E-state index contributed by atoms with van der Waals surface area (Å²) < 4.78 is 5.59. The third-order valence-corrected chi connectivity index (χ3v) is 2.95. The Bertz CT molecular complexity index is 145. The van der Waals surface area contributed by atoms with Crippen LogP contribution >= 0.6 is 0 Å². The second-order valence-electron chi connectivity index (χ2n) is 4.24. The van der Waals surface area contributed by atoms with Crippen molar-refractivity contribution < 1.29 is 14.5 Å². The molecular weight excluding hydrogens is 180 g/mol. The molecular formula is C11H20O3. The van der Waals surface area contributed by atoms with E-state index < -0.39 is 0 Å². The van der Waals surface area contributed by atoms with Crippen LogP contribution in [-0.4, -0.2) is 12.6 Å². The topological polar surface area (TPSA) is 27.7 Å². The fourth-order valence-corrected chi connectivity index (χ4v) is 2.08. The molecule has 14 heavy (non-hydrogen) atoms. The van der Waals surface area contributed by atoms with Gasteiger partial charge in [-0.3, -0.25) is 0 Å². The molecule has 2 bridgehead atoms. The van der Waals surface area contributed by atoms with Crippen LogP contribution in [0.5, 0.6) is 0 Å². The summed E-state index contributed by atoms with van der Waals surface area (Å²) >= 11 is 0. The van der Waals surface area contributed by atoms with Crippen LogP contribution in [0.25, 0.3) is 0 Å². The van der Waals surface area contributed by atoms with Gasteiger partial charge in [-0.2, -0.15) is 0 Å². The molecule has 2 fully saturated rings. The van der Waals surface area contributed by atoms with Gasteiger partial charge in [0.1, 0.15) is 0 Å². The highest BCUT2D eigenvalue weighted by Gasteiger charge is 2.26. The van der Waals surface area contributed by atoms with E-state index in [1.54, 1.807) is 0 Å². The first-order valence-corrected chi connectivity index (χ1v) is 5.93. The molecule has 0 aliphatic carbocycles. The van der Waals surface area contributed by atoms with E-state index in [2.05, 4.69) is 0 Å². The Morgan fingerprint density at radius 3 is 1.50 bits per heavy atom. The molecule has 0 spiro atoms. The molecule has 0 aromatic rings. The minimum Gasteiger partial charge on any atom is -0.318 e. The van der Waals surface area contributed by atoms with Gasteiger partial charge in [0.25, 0.3) is 0 Å². The zero-order valence-corrected chi connectivity index (χ0v) is 8.74. The van der Waals surface area contributed by atoms with Crippen molar-refractivity contribution in [3.05, 3.63) is 0 Å². The van der Waals surface area contributed by atoms with E-state index in [1.165, 1.54) is 44.9 Å². The van der Waals surface area contributed by atoms with E-state index in [9.17, 15) is 0 Å². The monoisotopic (exact) mass is 200 g/mol. The molecule has 0 aromatic heterocycles. The highest BCUT2D eigenvalue weighted by atomic mass is 17.3. The van der Waals surface area contributed by atoms with Crippen LogP contribution in [0.2, 0.25) is 0 Å². The summed E-state index contributed by atoms with van der Waals surface area (Å²) in [5.74, 6) is 0. The summed E-state index contributed by atoms with van der Waals surface area (Å²) in [6.45, 7) is 0. The van der Waals surface area contributed by atoms with Crippen molar-refractivity contribution in [2.75, 3.05) is 0 Å². The lowest BCUT2D eigenvalue weighted by molar-refractivity contribution is -0.298. The average Bonchev–Trinajstić information content (AvgIpc) is 2.61. The predicted molar refractivity (Wildman–Crippen MR) is 52.4 cm³/mol. The van der Waals surface area contributed by atoms with Crippen molar-refractivity contribution in [3.8, 4) is 0 Å². The predicted octanol–water partition coefficient (Wildman–Crippen LogP) is 3.14. The number of hydrogen-bond acceptors (Lipinski definition) is 3. The standard InChI is InChI=1S/C11H20O3/c1-2-4-6-8-10-12-11(14-13-10)9-7-5-3-1/h10-11H,1-9H2/t10-,11-/m1/s1. The van der Waals surface area contributed by atoms with E-state index in [4.69, 9.17) is 14.5 Å². The summed E-state index contributed by atoms with van der Waals surface area (Å²) in [4.78, 5) is 10.2. The van der Waals surface area contributed by atoms with E-state index in [0.29, 0.717) is 0 Å². The lowest BCUT2D eigenvalue weighted by Crippen LogP contribution is -2.12. The van der Waals surface area contributed by atoms with Crippen LogP contribution in [0.4, 0.5) is 0 Å². The fourth-order valence-electron chi connectivity index (χ4n) is 2.08. The van der Waals surface area contributed by atoms with Crippen LogP contribution in [-0.2, 0) is 14.5 Å². The Morgan fingerprint density at radius 1 is 0.571 bits per heavy atom. The molecule has 0 amide bonds. The van der Waals surface area contributed by atoms with Crippen molar-refractivity contribution >= 4 is 0 Å². The average molecular weight is 200 g/mol. The van der Waals surface area contributed by atoms with Gasteiger partial charge in [0.2, 0.25) is 0 Å². The molecule has 2 atom stereocenters. The zero-order valence-electron chi connectivity index (χ0n) is 8.74. The largest absolute Gasteiger partial charge is 0.318 e. The third kappa shape index (κ3) is 3.23. The van der Waals surface area contributed by atoms with E-state index in [-0.39, 0.29) is 12.6 Å². The Hall–Kier alpha value is -0.120. The fraction of sp³-hybridized carbons (Fsp3) is 1.00. The molecule has 2 aliphatic rings. The normalized spacial score (nSPS) is 36.0. The third-order valence-electron chi connectivity index (χ3n) is 2.95. The van der Waals surface area contributed by atoms with E-state index in [0.717, 1.165) is 12.8 Å². The minimum absolute atomic E-state index is 0.0978. The van der Waals surface area contributed by atoms with Crippen LogP contribution in [0.1, 0.15) is 57.8 Å². The lowest BCUT2D eigenvalue weighted by atomic mass is 10.1. The summed E-state index contributed by atoms with van der Waals surface area (Å²) in [5, 5.41) is 0. The van der Waals surface area contributed by atoms with Gasteiger partial charge in [-0.25, -0.2) is 9.78 Å². The quantitative estimate of drug-likeness (QED) is 0.562. The van der Waals surface area contributed by atoms with E-state index in [1.807, 2.05) is 0 Å². The molecule has 2 rings (SSSR count). The van der Waals surface area contributed by atoms with Crippen LogP contribution in [0.15, 0.2) is 0 Å². The second-order valence-corrected chi connectivity index (χ2v) is 4.24. The maximum atomic E-state index is 5.59. The molecule has 0 N–H and O–H groups in total. The molecule has 2 aliphatic heterocycles. The zero-order chi connectivity index (χ0) is 9.64. The van der Waals surface area contributed by atoms with Gasteiger partial charge in [0, 0.05) is 12.8 Å². The van der Waals surface area contributed by atoms with Crippen molar-refractivity contribution in [1.82, 2.24) is 0 Å². The molecule has 0 unspecified atom stereocenters. The number of ether oxygens (including phenoxy) is 1. The van der Waals surface area contributed by atoms with Crippen molar-refractivity contribution in [3.63, 3.8) is 0 Å². The SMILES string of the molecule is C1CCCC[C@H]2OO[C@H](CCCC1)O2. The number of fused-ring (bicyclic) bond motifs is 2. The lowest BCUT2D eigenvalue weighted by Gasteiger charge is -2.09. The molecule has 0 aromatic carbocycles. The first kappa shape index (κ1) is 10.4. The Labute approximate surface area is 85.6 Å². The van der Waals surface area contributed by atoms with Gasteiger partial charge < -0.3 is 4.74 Å². The summed E-state index contributed by atoms with van der Waals surface area (Å²) in [6, 6.07) is 0. The molecule has 0 saturated carbocycles. The minimum atomic E-state index is -0.0978. The van der Waals surface area contributed by atoms with Crippen molar-refractivity contribution in [1.29, 1.82) is 0 Å². The number of rotatable bonds is 0. The maximum absolute atomic E-state index is 5.59. The van der Waals surface area contributed by atoms with Gasteiger partial charge in [0.05, 0.1) is 0 Å². The maximum Gasteiger partial charge on any atom is 0.194 e. The summed E-state index contributed by atoms with van der Waals surface area (Å²) in [7, 11) is 0. The molecule has 0 radical (unpaired) electrons. The van der Waals surface area contributed by atoms with Gasteiger partial charge in [-0.15, -0.1) is 0 Å². The van der Waals surface area contributed by atoms with Gasteiger partial charge in [-0.1, -0.05) is 32.1 Å². The summed E-state index contributed by atoms with van der Waals surface area (Å²) in [6.07, 6.45) is 10.9. The highest BCUT2D eigenvalue weighted by molar-refractivity contribution is 4.56. The summed E-state index contributed by atoms with van der Waals surface area (Å²) in [5.41, 5.74) is 0. The number of hydrogen-bond donors (Lipinski definition) is 0. The van der Waals surface area contributed by atoms with Crippen molar-refractivity contribution in [2.45, 2.75) is 70.4 Å². The van der Waals surface area contributed by atoms with Crippen LogP contribution in [0.3, 0.4) is 0 Å². The molecule has 3 heteroatoms.